The maximum absolute atomic E-state index is 13.4. The molecule has 0 aromatic carbocycles. The number of rotatable bonds is 4. The zero-order chi connectivity index (χ0) is 18.7. The molecule has 2 aliphatic rings. The van der Waals surface area contributed by atoms with Gasteiger partial charge in [-0.05, 0) is 42.8 Å². The lowest BCUT2D eigenvalue weighted by atomic mass is 9.89. The van der Waals surface area contributed by atoms with Crippen molar-refractivity contribution in [2.24, 2.45) is 0 Å². The molecule has 2 aromatic heterocycles. The minimum absolute atomic E-state index is 0.209. The second-order valence-electron chi connectivity index (χ2n) is 7.23. The quantitative estimate of drug-likeness (QED) is 0.754. The molecule has 7 heteroatoms. The summed E-state index contributed by atoms with van der Waals surface area (Å²) in [4.78, 5) is 21.9. The molecule has 2 saturated heterocycles. The zero-order valence-electron chi connectivity index (χ0n) is 15.3. The molecular weight excluding hydrogens is 365 g/mol. The molecule has 144 valence electrons. The minimum atomic E-state index is -0.454. The molecular formula is C20H24FN3O2S. The number of morpholine rings is 1. The van der Waals surface area contributed by atoms with E-state index < -0.39 is 5.95 Å². The maximum atomic E-state index is 13.4. The Morgan fingerprint density at radius 2 is 2.07 bits per heavy atom. The fourth-order valence-electron chi connectivity index (χ4n) is 3.92. The maximum Gasteiger partial charge on any atom is 0.223 e. The monoisotopic (exact) mass is 389 g/mol. The molecule has 0 aliphatic carbocycles. The summed E-state index contributed by atoms with van der Waals surface area (Å²) >= 11 is 1.70. The molecule has 27 heavy (non-hydrogen) atoms. The average Bonchev–Trinajstić information content (AvgIpc) is 3.20. The third-order valence-corrected chi connectivity index (χ3v) is 6.40. The van der Waals surface area contributed by atoms with Gasteiger partial charge in [0.05, 0.1) is 12.2 Å². The van der Waals surface area contributed by atoms with E-state index in [-0.39, 0.29) is 11.5 Å². The summed E-state index contributed by atoms with van der Waals surface area (Å²) in [6.07, 6.45) is 3.00. The Bertz CT molecular complexity index is 775. The van der Waals surface area contributed by atoms with Crippen molar-refractivity contribution >= 4 is 23.1 Å². The van der Waals surface area contributed by atoms with E-state index in [1.807, 2.05) is 22.4 Å². The van der Waals surface area contributed by atoms with Gasteiger partial charge in [0.1, 0.15) is 5.82 Å². The number of amides is 1. The van der Waals surface area contributed by atoms with Crippen molar-refractivity contribution in [3.8, 4) is 0 Å². The smallest absolute Gasteiger partial charge is 0.223 e. The number of thiophene rings is 1. The molecule has 1 amide bonds. The van der Waals surface area contributed by atoms with Crippen LogP contribution in [0, 0.1) is 5.95 Å². The highest BCUT2D eigenvalue weighted by atomic mass is 32.1. The van der Waals surface area contributed by atoms with Gasteiger partial charge in [0.15, 0.2) is 0 Å². The summed E-state index contributed by atoms with van der Waals surface area (Å²) in [6, 6.07) is 8.99. The number of pyridine rings is 1. The van der Waals surface area contributed by atoms with Crippen molar-refractivity contribution in [1.82, 2.24) is 9.88 Å². The van der Waals surface area contributed by atoms with E-state index in [0.717, 1.165) is 32.4 Å². The number of nitrogens with zero attached hydrogens (tertiary/aromatic N) is 3. The molecule has 4 rings (SSSR count). The van der Waals surface area contributed by atoms with Crippen LogP contribution in [0.25, 0.3) is 0 Å². The van der Waals surface area contributed by atoms with Gasteiger partial charge in [-0.3, -0.25) is 4.79 Å². The minimum Gasteiger partial charge on any atom is -0.371 e. The Labute approximate surface area is 162 Å². The zero-order valence-corrected chi connectivity index (χ0v) is 16.1. The van der Waals surface area contributed by atoms with Gasteiger partial charge in [-0.25, -0.2) is 4.98 Å². The molecule has 2 fully saturated rings. The van der Waals surface area contributed by atoms with E-state index >= 15 is 0 Å². The average molecular weight is 389 g/mol. The molecule has 1 spiro atoms. The van der Waals surface area contributed by atoms with Gasteiger partial charge in [0.25, 0.3) is 0 Å². The lowest BCUT2D eigenvalue weighted by molar-refractivity contribution is -0.154. The molecule has 5 nitrogen and oxygen atoms in total. The van der Waals surface area contributed by atoms with Crippen LogP contribution in [0.5, 0.6) is 0 Å². The van der Waals surface area contributed by atoms with E-state index in [4.69, 9.17) is 4.74 Å². The van der Waals surface area contributed by atoms with Crippen LogP contribution in [-0.2, 0) is 16.0 Å². The summed E-state index contributed by atoms with van der Waals surface area (Å²) in [5.74, 6) is 0.425. The number of carbonyl (C=O) groups is 1. The molecule has 4 heterocycles. The predicted octanol–water partition coefficient (Wildman–Crippen LogP) is 3.11. The fraction of sp³-hybridized carbons (Fsp3) is 0.500. The molecule has 2 aliphatic heterocycles. The number of anilines is 1. The van der Waals surface area contributed by atoms with E-state index in [1.54, 1.807) is 17.4 Å². The van der Waals surface area contributed by atoms with Crippen LogP contribution in [0.15, 0.2) is 35.7 Å². The van der Waals surface area contributed by atoms with E-state index in [0.29, 0.717) is 31.9 Å². The van der Waals surface area contributed by atoms with Gasteiger partial charge >= 0.3 is 0 Å². The van der Waals surface area contributed by atoms with Crippen molar-refractivity contribution in [3.05, 3.63) is 46.5 Å². The van der Waals surface area contributed by atoms with Crippen molar-refractivity contribution in [2.75, 3.05) is 37.7 Å². The van der Waals surface area contributed by atoms with Gasteiger partial charge in [-0.2, -0.15) is 4.39 Å². The highest BCUT2D eigenvalue weighted by molar-refractivity contribution is 7.09. The van der Waals surface area contributed by atoms with Gasteiger partial charge in [-0.1, -0.05) is 12.1 Å². The number of carbonyl (C=O) groups excluding carboxylic acids is 1. The first-order valence-corrected chi connectivity index (χ1v) is 10.3. The summed E-state index contributed by atoms with van der Waals surface area (Å²) in [5.41, 5.74) is -0.277. The lowest BCUT2D eigenvalue weighted by Gasteiger charge is -2.47. The van der Waals surface area contributed by atoms with Crippen LogP contribution < -0.4 is 4.90 Å². The molecule has 0 bridgehead atoms. The van der Waals surface area contributed by atoms with Crippen molar-refractivity contribution < 1.29 is 13.9 Å². The Morgan fingerprint density at radius 3 is 2.81 bits per heavy atom. The topological polar surface area (TPSA) is 45.7 Å². The molecule has 0 unspecified atom stereocenters. The fourth-order valence-corrected chi connectivity index (χ4v) is 4.63. The molecule has 0 radical (unpaired) electrons. The number of hydrogen-bond acceptors (Lipinski definition) is 5. The SMILES string of the molecule is O=C(CCc1cccs1)N1CCOC2(CCN(c3cccc(F)n3)CC2)C1. The standard InChI is InChI=1S/C20H24FN3O2S/c21-17-4-1-5-18(22-17)23-10-8-20(9-11-23)15-24(12-13-26-20)19(25)7-6-16-3-2-14-27-16/h1-5,14H,6-13,15H2. The molecule has 0 atom stereocenters. The Kier molecular flexibility index (Phi) is 5.41. The number of halogens is 1. The number of ether oxygens (including phenoxy) is 1. The second-order valence-corrected chi connectivity index (χ2v) is 8.26. The van der Waals surface area contributed by atoms with E-state index in [2.05, 4.69) is 16.0 Å². The first-order valence-electron chi connectivity index (χ1n) is 9.45. The van der Waals surface area contributed by atoms with Crippen LogP contribution in [0.2, 0.25) is 0 Å². The van der Waals surface area contributed by atoms with E-state index in [1.165, 1.54) is 10.9 Å². The Balaban J connectivity index is 1.33. The van der Waals surface area contributed by atoms with Crippen LogP contribution in [0.4, 0.5) is 10.2 Å². The largest absolute Gasteiger partial charge is 0.371 e. The Hall–Kier alpha value is -1.99. The van der Waals surface area contributed by atoms with Gasteiger partial charge in [-0.15, -0.1) is 11.3 Å². The number of aryl methyl sites for hydroxylation is 1. The van der Waals surface area contributed by atoms with Crippen LogP contribution >= 0.6 is 11.3 Å². The van der Waals surface area contributed by atoms with Gasteiger partial charge in [0, 0.05) is 37.5 Å². The normalized spacial score (nSPS) is 19.4. The predicted molar refractivity (Wildman–Crippen MR) is 104 cm³/mol. The van der Waals surface area contributed by atoms with Crippen molar-refractivity contribution in [2.45, 2.75) is 31.3 Å². The first-order chi connectivity index (χ1) is 13.1. The first kappa shape index (κ1) is 18.4. The van der Waals surface area contributed by atoms with Crippen LogP contribution in [0.1, 0.15) is 24.1 Å². The van der Waals surface area contributed by atoms with Crippen molar-refractivity contribution in [3.63, 3.8) is 0 Å². The highest BCUT2D eigenvalue weighted by Crippen LogP contribution is 2.32. The van der Waals surface area contributed by atoms with Gasteiger partial charge in [0.2, 0.25) is 11.9 Å². The summed E-state index contributed by atoms with van der Waals surface area (Å²) in [6.45, 7) is 3.42. The Morgan fingerprint density at radius 1 is 1.22 bits per heavy atom. The van der Waals surface area contributed by atoms with Crippen molar-refractivity contribution in [1.29, 1.82) is 0 Å². The number of piperidine rings is 1. The third-order valence-electron chi connectivity index (χ3n) is 5.47. The summed E-state index contributed by atoms with van der Waals surface area (Å²) < 4.78 is 19.5. The third kappa shape index (κ3) is 4.30. The van der Waals surface area contributed by atoms with Crippen LogP contribution in [-0.4, -0.2) is 54.2 Å². The van der Waals surface area contributed by atoms with E-state index in [9.17, 15) is 9.18 Å². The number of hydrogen-bond donors (Lipinski definition) is 0. The highest BCUT2D eigenvalue weighted by Gasteiger charge is 2.41. The summed E-state index contributed by atoms with van der Waals surface area (Å²) in [7, 11) is 0. The second kappa shape index (κ2) is 7.94. The molecule has 2 aromatic rings. The summed E-state index contributed by atoms with van der Waals surface area (Å²) in [5, 5.41) is 2.05. The van der Waals surface area contributed by atoms with Gasteiger partial charge < -0.3 is 14.5 Å². The van der Waals surface area contributed by atoms with Crippen LogP contribution in [0.3, 0.4) is 0 Å². The molecule has 0 saturated carbocycles. The lowest BCUT2D eigenvalue weighted by Crippen LogP contribution is -2.58. The molecule has 0 N–H and O–H groups in total. The number of aromatic nitrogens is 1.